The molecule has 1 aliphatic carbocycles. The van der Waals surface area contributed by atoms with Crippen LogP contribution in [0.5, 0.6) is 0 Å². The van der Waals surface area contributed by atoms with Crippen LogP contribution in [-0.4, -0.2) is 11.0 Å². The Bertz CT molecular complexity index is 399. The summed E-state index contributed by atoms with van der Waals surface area (Å²) in [5.74, 6) is 0.772. The predicted molar refractivity (Wildman–Crippen MR) is 73.9 cm³/mol. The summed E-state index contributed by atoms with van der Waals surface area (Å²) in [6.45, 7) is 2.98. The fraction of sp³-hybridized carbons (Fsp3) is 0.692. The molecule has 1 heterocycles. The van der Waals surface area contributed by atoms with Gasteiger partial charge in [0.1, 0.15) is 0 Å². The molecule has 0 spiro atoms. The van der Waals surface area contributed by atoms with E-state index in [1.807, 2.05) is 6.07 Å². The average Bonchev–Trinajstić information content (AvgIpc) is 2.86. The maximum absolute atomic E-state index is 10.6. The van der Waals surface area contributed by atoms with Crippen LogP contribution < -0.4 is 5.32 Å². The van der Waals surface area contributed by atoms with Crippen molar-refractivity contribution in [2.24, 2.45) is 5.92 Å². The van der Waals surface area contributed by atoms with Crippen LogP contribution in [0.3, 0.4) is 0 Å². The Kier molecular flexibility index (Phi) is 4.72. The van der Waals surface area contributed by atoms with E-state index in [1.54, 1.807) is 6.07 Å². The van der Waals surface area contributed by atoms with Crippen LogP contribution in [-0.2, 0) is 6.54 Å². The minimum atomic E-state index is -0.321. The van der Waals surface area contributed by atoms with Crippen molar-refractivity contribution in [2.75, 3.05) is 0 Å². The van der Waals surface area contributed by atoms with Crippen molar-refractivity contribution >= 4 is 16.3 Å². The second-order valence-electron chi connectivity index (χ2n) is 5.06. The van der Waals surface area contributed by atoms with Crippen LogP contribution in [0.25, 0.3) is 0 Å². The number of rotatable bonds is 5. The molecule has 100 valence electrons. The van der Waals surface area contributed by atoms with Crippen LogP contribution >= 0.6 is 11.3 Å². The van der Waals surface area contributed by atoms with E-state index in [-0.39, 0.29) is 9.92 Å². The molecule has 1 saturated carbocycles. The molecule has 5 heteroatoms. The largest absolute Gasteiger partial charge is 0.324 e. The Hall–Kier alpha value is -0.940. The smallest absolute Gasteiger partial charge is 0.309 e. The van der Waals surface area contributed by atoms with Crippen LogP contribution in [0.4, 0.5) is 5.00 Å². The van der Waals surface area contributed by atoms with E-state index in [4.69, 9.17) is 0 Å². The summed E-state index contributed by atoms with van der Waals surface area (Å²) in [6, 6.07) is 3.95. The van der Waals surface area contributed by atoms with Crippen molar-refractivity contribution in [1.82, 2.24) is 5.32 Å². The predicted octanol–water partition coefficient (Wildman–Crippen LogP) is 3.71. The highest BCUT2D eigenvalue weighted by molar-refractivity contribution is 7.15. The van der Waals surface area contributed by atoms with Crippen molar-refractivity contribution < 1.29 is 4.92 Å². The third kappa shape index (κ3) is 3.53. The first-order chi connectivity index (χ1) is 8.66. The van der Waals surface area contributed by atoms with Gasteiger partial charge in [0.25, 0.3) is 0 Å². The van der Waals surface area contributed by atoms with E-state index >= 15 is 0 Å². The molecule has 0 aliphatic heterocycles. The number of nitrogens with zero attached hydrogens (tertiary/aromatic N) is 1. The highest BCUT2D eigenvalue weighted by Crippen LogP contribution is 2.27. The standard InChI is InChI=1S/C13H20N2O2S/c1-10(11-5-3-2-4-6-11)14-9-12-7-8-13(18-12)15(16)17/h7-8,10-11,14H,2-6,9H2,1H3/t10-/m1/s1. The summed E-state index contributed by atoms with van der Waals surface area (Å²) in [7, 11) is 0. The first-order valence-electron chi connectivity index (χ1n) is 6.63. The fourth-order valence-electron chi connectivity index (χ4n) is 2.62. The van der Waals surface area contributed by atoms with Crippen LogP contribution in [0.1, 0.15) is 43.9 Å². The number of hydrogen-bond acceptors (Lipinski definition) is 4. The van der Waals surface area contributed by atoms with Gasteiger partial charge in [0.05, 0.1) is 4.92 Å². The van der Waals surface area contributed by atoms with Crippen molar-refractivity contribution in [1.29, 1.82) is 0 Å². The summed E-state index contributed by atoms with van der Waals surface area (Å²) in [6.07, 6.45) is 6.71. The fourth-order valence-corrected chi connectivity index (χ4v) is 3.39. The van der Waals surface area contributed by atoms with Gasteiger partial charge in [-0.2, -0.15) is 0 Å². The molecular weight excluding hydrogens is 248 g/mol. The molecule has 4 nitrogen and oxygen atoms in total. The highest BCUT2D eigenvalue weighted by Gasteiger charge is 2.19. The summed E-state index contributed by atoms with van der Waals surface area (Å²) >= 11 is 1.27. The van der Waals surface area contributed by atoms with Gasteiger partial charge < -0.3 is 5.32 Å². The van der Waals surface area contributed by atoms with Gasteiger partial charge in [-0.3, -0.25) is 10.1 Å². The first-order valence-corrected chi connectivity index (χ1v) is 7.45. The normalized spacial score (nSPS) is 18.7. The minimum absolute atomic E-state index is 0.233. The van der Waals surface area contributed by atoms with Gasteiger partial charge in [-0.05, 0) is 31.7 Å². The van der Waals surface area contributed by atoms with Gasteiger partial charge in [-0.1, -0.05) is 30.6 Å². The molecule has 0 amide bonds. The van der Waals surface area contributed by atoms with Gasteiger partial charge in [0, 0.05) is 23.5 Å². The van der Waals surface area contributed by atoms with Crippen molar-refractivity contribution in [3.05, 3.63) is 27.1 Å². The zero-order valence-electron chi connectivity index (χ0n) is 10.7. The zero-order chi connectivity index (χ0) is 13.0. The van der Waals surface area contributed by atoms with Gasteiger partial charge >= 0.3 is 5.00 Å². The number of nitrogens with one attached hydrogen (secondary N) is 1. The zero-order valence-corrected chi connectivity index (χ0v) is 11.5. The number of hydrogen-bond donors (Lipinski definition) is 1. The Morgan fingerprint density at radius 2 is 2.17 bits per heavy atom. The SMILES string of the molecule is C[C@@H](NCc1ccc([N+](=O)[O-])s1)C1CCCCC1. The van der Waals surface area contributed by atoms with Gasteiger partial charge in [-0.15, -0.1) is 0 Å². The van der Waals surface area contributed by atoms with Gasteiger partial charge in [0.15, 0.2) is 0 Å². The quantitative estimate of drug-likeness (QED) is 0.654. The Labute approximate surface area is 112 Å². The van der Waals surface area contributed by atoms with Crippen LogP contribution in [0.2, 0.25) is 0 Å². The third-order valence-electron chi connectivity index (χ3n) is 3.78. The van der Waals surface area contributed by atoms with E-state index in [2.05, 4.69) is 12.2 Å². The van der Waals surface area contributed by atoms with Crippen molar-refractivity contribution in [2.45, 2.75) is 51.6 Å². The highest BCUT2D eigenvalue weighted by atomic mass is 32.1. The lowest BCUT2D eigenvalue weighted by molar-refractivity contribution is -0.380. The van der Waals surface area contributed by atoms with E-state index < -0.39 is 0 Å². The van der Waals surface area contributed by atoms with E-state index in [0.717, 1.165) is 17.3 Å². The molecule has 1 aliphatic rings. The van der Waals surface area contributed by atoms with Gasteiger partial charge in [0.2, 0.25) is 0 Å². The van der Waals surface area contributed by atoms with Gasteiger partial charge in [-0.25, -0.2) is 0 Å². The second-order valence-corrected chi connectivity index (χ2v) is 6.21. The summed E-state index contributed by atoms with van der Waals surface area (Å²) in [5, 5.41) is 14.3. The lowest BCUT2D eigenvalue weighted by Gasteiger charge is -2.28. The molecule has 18 heavy (non-hydrogen) atoms. The topological polar surface area (TPSA) is 55.2 Å². The van der Waals surface area contributed by atoms with E-state index in [1.165, 1.54) is 43.4 Å². The first kappa shape index (κ1) is 13.5. The molecule has 1 N–H and O–H groups in total. The lowest BCUT2D eigenvalue weighted by Crippen LogP contribution is -2.33. The summed E-state index contributed by atoms with van der Waals surface area (Å²) in [4.78, 5) is 11.3. The molecule has 1 atom stereocenters. The van der Waals surface area contributed by atoms with Crippen molar-refractivity contribution in [3.8, 4) is 0 Å². The summed E-state index contributed by atoms with van der Waals surface area (Å²) < 4.78 is 0. The number of thiophene rings is 1. The third-order valence-corrected chi connectivity index (χ3v) is 4.82. The Morgan fingerprint density at radius 1 is 1.44 bits per heavy atom. The Morgan fingerprint density at radius 3 is 2.78 bits per heavy atom. The van der Waals surface area contributed by atoms with Crippen LogP contribution in [0, 0.1) is 16.0 Å². The van der Waals surface area contributed by atoms with Crippen molar-refractivity contribution in [3.63, 3.8) is 0 Å². The molecule has 1 fully saturated rings. The van der Waals surface area contributed by atoms with E-state index in [0.29, 0.717) is 6.04 Å². The molecule has 2 rings (SSSR count). The maximum atomic E-state index is 10.6. The molecule has 1 aromatic heterocycles. The molecule has 1 aromatic rings. The van der Waals surface area contributed by atoms with E-state index in [9.17, 15) is 10.1 Å². The minimum Gasteiger partial charge on any atom is -0.309 e. The second kappa shape index (κ2) is 6.29. The lowest BCUT2D eigenvalue weighted by atomic mass is 9.84. The summed E-state index contributed by atoms with van der Waals surface area (Å²) in [5.41, 5.74) is 0. The molecule has 0 saturated heterocycles. The molecular formula is C13H20N2O2S. The average molecular weight is 268 g/mol. The number of nitro groups is 1. The molecule has 0 bridgehead atoms. The monoisotopic (exact) mass is 268 g/mol. The molecule has 0 unspecified atom stereocenters. The Balaban J connectivity index is 1.80. The molecule has 0 aromatic carbocycles. The molecule has 0 radical (unpaired) electrons. The van der Waals surface area contributed by atoms with Crippen LogP contribution in [0.15, 0.2) is 12.1 Å². The maximum Gasteiger partial charge on any atom is 0.324 e.